The number of likely N-dealkylation sites (tertiary alicyclic amines) is 2. The van der Waals surface area contributed by atoms with Gasteiger partial charge in [-0.05, 0) is 26.2 Å². The van der Waals surface area contributed by atoms with Crippen LogP contribution in [0.1, 0.15) is 17.2 Å². The van der Waals surface area contributed by atoms with Gasteiger partial charge in [-0.25, -0.2) is 4.68 Å². The Morgan fingerprint density at radius 1 is 1.03 bits per heavy atom. The molecule has 1 aliphatic carbocycles. The van der Waals surface area contributed by atoms with E-state index >= 15 is 0 Å². The molecule has 0 amide bonds. The first-order valence-corrected chi connectivity index (χ1v) is 9.62. The number of fused-ring (bicyclic) bond motifs is 6. The van der Waals surface area contributed by atoms with Crippen molar-refractivity contribution in [1.29, 1.82) is 0 Å². The maximum Gasteiger partial charge on any atom is 0.273 e. The summed E-state index contributed by atoms with van der Waals surface area (Å²) < 4.78 is 1.68. The summed E-state index contributed by atoms with van der Waals surface area (Å²) >= 11 is 0. The number of aromatic nitrogens is 2. The van der Waals surface area contributed by atoms with E-state index in [-0.39, 0.29) is 22.9 Å². The molecule has 0 spiro atoms. The second-order valence-corrected chi connectivity index (χ2v) is 8.62. The first kappa shape index (κ1) is 18.2. The number of hydrogen-bond donors (Lipinski definition) is 0. The van der Waals surface area contributed by atoms with Gasteiger partial charge in [0.05, 0.1) is 42.1 Å². The minimum Gasteiger partial charge on any atom is -0.299 e. The molecule has 2 fully saturated rings. The van der Waals surface area contributed by atoms with Crippen molar-refractivity contribution in [2.75, 3.05) is 40.3 Å². The molecular weight excluding hydrogens is 376 g/mol. The van der Waals surface area contributed by atoms with Crippen LogP contribution in [0.3, 0.4) is 0 Å². The van der Waals surface area contributed by atoms with Crippen molar-refractivity contribution in [3.8, 4) is 5.69 Å². The van der Waals surface area contributed by atoms with E-state index in [1.165, 1.54) is 0 Å². The van der Waals surface area contributed by atoms with Crippen molar-refractivity contribution in [2.45, 2.75) is 17.0 Å². The van der Waals surface area contributed by atoms with Crippen LogP contribution < -0.4 is 0 Å². The Hall–Kier alpha value is -2.85. The summed E-state index contributed by atoms with van der Waals surface area (Å²) in [6, 6.07) is 9.34. The van der Waals surface area contributed by atoms with Crippen LogP contribution in [0.2, 0.25) is 0 Å². The number of benzene rings is 1. The number of nitro groups is 2. The largest absolute Gasteiger partial charge is 0.299 e. The Morgan fingerprint density at radius 2 is 1.72 bits per heavy atom. The molecule has 0 radical (unpaired) electrons. The highest BCUT2D eigenvalue weighted by Crippen LogP contribution is 2.59. The lowest BCUT2D eigenvalue weighted by atomic mass is 9.60. The monoisotopic (exact) mass is 398 g/mol. The quantitative estimate of drug-likeness (QED) is 0.559. The fraction of sp³-hybridized carbons (Fsp3) is 0.526. The van der Waals surface area contributed by atoms with E-state index in [0.29, 0.717) is 24.3 Å². The highest BCUT2D eigenvalue weighted by molar-refractivity contribution is 5.46. The van der Waals surface area contributed by atoms with Crippen molar-refractivity contribution in [1.82, 2.24) is 19.6 Å². The molecule has 3 aliphatic rings. The van der Waals surface area contributed by atoms with Crippen molar-refractivity contribution in [3.63, 3.8) is 0 Å². The van der Waals surface area contributed by atoms with Crippen LogP contribution in [0.5, 0.6) is 0 Å². The fourth-order valence-electron chi connectivity index (χ4n) is 6.04. The number of rotatable bonds is 3. The summed E-state index contributed by atoms with van der Waals surface area (Å²) in [6.07, 6.45) is 1.57. The molecule has 10 nitrogen and oxygen atoms in total. The molecule has 0 saturated carbocycles. The van der Waals surface area contributed by atoms with E-state index in [1.54, 1.807) is 17.9 Å². The molecule has 152 valence electrons. The zero-order valence-electron chi connectivity index (χ0n) is 16.3. The SMILES string of the molecule is CN1C[C@H]2c3c(cnn3-c3ccccc3)[C@]3([N+](=O)[O-])CN(C)C[C@@H]3[C@@]2([N+](=O)[O-])C1. The van der Waals surface area contributed by atoms with Gasteiger partial charge in [-0.2, -0.15) is 5.10 Å². The van der Waals surface area contributed by atoms with Crippen LogP contribution in [0.4, 0.5) is 0 Å². The predicted molar refractivity (Wildman–Crippen MR) is 103 cm³/mol. The van der Waals surface area contributed by atoms with Gasteiger partial charge in [0, 0.05) is 22.9 Å². The number of likely N-dealkylation sites (N-methyl/N-ethyl adjacent to an activating group) is 2. The maximum atomic E-state index is 12.6. The van der Waals surface area contributed by atoms with Crippen LogP contribution in [-0.4, -0.2) is 75.2 Å². The molecule has 0 N–H and O–H groups in total. The van der Waals surface area contributed by atoms with Crippen molar-refractivity contribution >= 4 is 0 Å². The van der Waals surface area contributed by atoms with Gasteiger partial charge in [0.25, 0.3) is 11.1 Å². The van der Waals surface area contributed by atoms with Crippen LogP contribution in [-0.2, 0) is 5.54 Å². The molecule has 4 atom stereocenters. The lowest BCUT2D eigenvalue weighted by Crippen LogP contribution is -2.63. The van der Waals surface area contributed by atoms with E-state index in [2.05, 4.69) is 5.10 Å². The molecule has 29 heavy (non-hydrogen) atoms. The standard InChI is InChI=1S/C19H22N6O4/c1-21-9-15-17-14(8-20-23(17)13-6-4-3-5-7-13)18(24(26)27)11-22(2)10-16(18)19(15,12-21)25(28)29/h3-8,15-16H,9-12H2,1-2H3/t15-,16-,18+,19+/m0/s1. The Morgan fingerprint density at radius 3 is 2.38 bits per heavy atom. The first-order valence-electron chi connectivity index (χ1n) is 9.62. The number of nitrogens with zero attached hydrogens (tertiary/aromatic N) is 6. The highest BCUT2D eigenvalue weighted by Gasteiger charge is 2.78. The minimum absolute atomic E-state index is 0.143. The van der Waals surface area contributed by atoms with E-state index in [1.807, 2.05) is 47.2 Å². The Bertz CT molecular complexity index is 1010. The summed E-state index contributed by atoms with van der Waals surface area (Å²) in [5.74, 6) is -1.19. The van der Waals surface area contributed by atoms with E-state index in [4.69, 9.17) is 0 Å². The zero-order chi connectivity index (χ0) is 20.6. The third-order valence-corrected chi connectivity index (χ3v) is 7.08. The lowest BCUT2D eigenvalue weighted by molar-refractivity contribution is -0.634. The molecular formula is C19H22N6O4. The smallest absolute Gasteiger partial charge is 0.273 e. The minimum atomic E-state index is -1.54. The molecule has 1 aromatic heterocycles. The summed E-state index contributed by atoms with van der Waals surface area (Å²) in [7, 11) is 3.64. The third kappa shape index (κ3) is 2.10. The maximum absolute atomic E-state index is 12.6. The summed E-state index contributed by atoms with van der Waals surface area (Å²) in [5, 5.41) is 29.7. The number of para-hydroxylation sites is 1. The van der Waals surface area contributed by atoms with Gasteiger partial charge >= 0.3 is 0 Å². The van der Waals surface area contributed by atoms with E-state index in [9.17, 15) is 20.2 Å². The van der Waals surface area contributed by atoms with Crippen LogP contribution in [0.15, 0.2) is 36.5 Å². The van der Waals surface area contributed by atoms with Gasteiger partial charge in [0.15, 0.2) is 0 Å². The van der Waals surface area contributed by atoms with Gasteiger partial charge in [-0.1, -0.05) is 18.2 Å². The molecule has 10 heteroatoms. The van der Waals surface area contributed by atoms with E-state index in [0.717, 1.165) is 5.69 Å². The van der Waals surface area contributed by atoms with Gasteiger partial charge in [-0.15, -0.1) is 0 Å². The molecule has 2 saturated heterocycles. The molecule has 3 heterocycles. The molecule has 0 bridgehead atoms. The van der Waals surface area contributed by atoms with Crippen molar-refractivity contribution in [3.05, 3.63) is 68.0 Å². The second-order valence-electron chi connectivity index (χ2n) is 8.62. The van der Waals surface area contributed by atoms with Gasteiger partial charge in [0.2, 0.25) is 0 Å². The zero-order valence-corrected chi connectivity index (χ0v) is 16.3. The normalized spacial score (nSPS) is 33.9. The third-order valence-electron chi connectivity index (χ3n) is 7.08. The molecule has 5 rings (SSSR count). The summed E-state index contributed by atoms with van der Waals surface area (Å²) in [4.78, 5) is 28.4. The number of hydrogen-bond acceptors (Lipinski definition) is 7. The van der Waals surface area contributed by atoms with Crippen molar-refractivity contribution < 1.29 is 9.85 Å². The summed E-state index contributed by atoms with van der Waals surface area (Å²) in [6.45, 7) is 1.13. The van der Waals surface area contributed by atoms with Gasteiger partial charge < -0.3 is 0 Å². The molecule has 2 aromatic rings. The average Bonchev–Trinajstić information content (AvgIpc) is 3.35. The van der Waals surface area contributed by atoms with Crippen LogP contribution in [0.25, 0.3) is 5.69 Å². The Kier molecular flexibility index (Phi) is 3.66. The predicted octanol–water partition coefficient (Wildman–Crippen LogP) is 0.964. The topological polar surface area (TPSA) is 111 Å². The van der Waals surface area contributed by atoms with Gasteiger partial charge in [0.1, 0.15) is 5.92 Å². The van der Waals surface area contributed by atoms with Crippen LogP contribution in [0, 0.1) is 26.1 Å². The first-order chi connectivity index (χ1) is 13.8. The molecule has 2 aliphatic heterocycles. The summed E-state index contributed by atoms with van der Waals surface area (Å²) in [5.41, 5.74) is -1.07. The Labute approximate surface area is 167 Å². The Balaban J connectivity index is 1.85. The van der Waals surface area contributed by atoms with Crippen LogP contribution >= 0.6 is 0 Å². The lowest BCUT2D eigenvalue weighted by Gasteiger charge is -2.41. The van der Waals surface area contributed by atoms with Crippen molar-refractivity contribution in [2.24, 2.45) is 5.92 Å². The van der Waals surface area contributed by atoms with Gasteiger partial charge in [-0.3, -0.25) is 30.0 Å². The molecule has 1 aromatic carbocycles. The second kappa shape index (κ2) is 5.83. The fourth-order valence-corrected chi connectivity index (χ4v) is 6.04. The molecule has 0 unspecified atom stereocenters. The highest BCUT2D eigenvalue weighted by atomic mass is 16.6. The average molecular weight is 398 g/mol. The van der Waals surface area contributed by atoms with E-state index < -0.39 is 22.9 Å².